The van der Waals surface area contributed by atoms with E-state index >= 15 is 0 Å². The molecule has 0 unspecified atom stereocenters. The number of hydrogen-bond acceptors (Lipinski definition) is 6. The molecule has 2 aliphatic carbocycles. The van der Waals surface area contributed by atoms with Crippen LogP contribution in [0.4, 0.5) is 11.6 Å². The minimum Gasteiger partial charge on any atom is -0.322 e. The van der Waals surface area contributed by atoms with Crippen LogP contribution < -0.4 is 10.6 Å². The lowest BCUT2D eigenvalue weighted by Crippen LogP contribution is -2.31. The summed E-state index contributed by atoms with van der Waals surface area (Å²) in [6, 6.07) is 2.37. The van der Waals surface area contributed by atoms with Crippen molar-refractivity contribution >= 4 is 21.7 Å². The molecule has 1 aliphatic heterocycles. The van der Waals surface area contributed by atoms with Crippen LogP contribution in [0.25, 0.3) is 0 Å². The first-order valence-corrected chi connectivity index (χ1v) is 12.0. The Hall–Kier alpha value is -1.97. The third-order valence-electron chi connectivity index (χ3n) is 6.50. The fraction of sp³-hybridized carbons (Fsp3) is 0.600. The van der Waals surface area contributed by atoms with Crippen molar-refractivity contribution in [3.8, 4) is 0 Å². The van der Waals surface area contributed by atoms with Crippen molar-refractivity contribution in [3.63, 3.8) is 0 Å². The molecular formula is C20H28N6O2S. The van der Waals surface area contributed by atoms with E-state index in [9.17, 15) is 8.42 Å². The molecule has 3 N–H and O–H groups in total. The van der Waals surface area contributed by atoms with E-state index in [2.05, 4.69) is 31.9 Å². The average Bonchev–Trinajstić information content (AvgIpc) is 3.48. The SMILES string of the molecule is CNC[C@H]1CCN(S(=O)(=O)c2nc(Nc3c4c(cc5c3CCC5)CCC4)n[nH]2)C1. The van der Waals surface area contributed by atoms with Crippen LogP contribution in [0.1, 0.15) is 41.5 Å². The summed E-state index contributed by atoms with van der Waals surface area (Å²) >= 11 is 0. The van der Waals surface area contributed by atoms with Crippen LogP contribution in [0.5, 0.6) is 0 Å². The van der Waals surface area contributed by atoms with E-state index in [1.165, 1.54) is 39.4 Å². The first kappa shape index (κ1) is 19.0. The number of fused-ring (bicyclic) bond motifs is 2. The first-order valence-electron chi connectivity index (χ1n) is 10.6. The van der Waals surface area contributed by atoms with Crippen molar-refractivity contribution in [1.82, 2.24) is 24.8 Å². The predicted octanol–water partition coefficient (Wildman–Crippen LogP) is 1.76. The molecule has 1 aromatic heterocycles. The Labute approximate surface area is 171 Å². The van der Waals surface area contributed by atoms with Crippen molar-refractivity contribution in [2.24, 2.45) is 5.92 Å². The van der Waals surface area contributed by atoms with Gasteiger partial charge in [-0.2, -0.15) is 9.29 Å². The van der Waals surface area contributed by atoms with Crippen LogP contribution >= 0.6 is 0 Å². The lowest BCUT2D eigenvalue weighted by Gasteiger charge is -2.15. The van der Waals surface area contributed by atoms with Gasteiger partial charge >= 0.3 is 0 Å². The minimum atomic E-state index is -3.65. The molecule has 1 saturated heterocycles. The number of anilines is 2. The molecule has 156 valence electrons. The van der Waals surface area contributed by atoms with Crippen molar-refractivity contribution in [3.05, 3.63) is 28.3 Å². The van der Waals surface area contributed by atoms with E-state index in [-0.39, 0.29) is 5.16 Å². The number of aryl methyl sites for hydroxylation is 2. The predicted molar refractivity (Wildman–Crippen MR) is 111 cm³/mol. The van der Waals surface area contributed by atoms with Gasteiger partial charge in [0.2, 0.25) is 5.95 Å². The van der Waals surface area contributed by atoms with Crippen molar-refractivity contribution < 1.29 is 8.42 Å². The third kappa shape index (κ3) is 3.35. The maximum Gasteiger partial charge on any atom is 0.278 e. The van der Waals surface area contributed by atoms with E-state index in [1.807, 2.05) is 7.05 Å². The van der Waals surface area contributed by atoms with Gasteiger partial charge < -0.3 is 10.6 Å². The van der Waals surface area contributed by atoms with Crippen molar-refractivity contribution in [2.45, 2.75) is 50.1 Å². The summed E-state index contributed by atoms with van der Waals surface area (Å²) < 4.78 is 27.4. The highest BCUT2D eigenvalue weighted by molar-refractivity contribution is 7.89. The van der Waals surface area contributed by atoms with Gasteiger partial charge in [-0.1, -0.05) is 6.07 Å². The summed E-state index contributed by atoms with van der Waals surface area (Å²) in [6.07, 6.45) is 7.55. The van der Waals surface area contributed by atoms with Gasteiger partial charge in [-0.3, -0.25) is 0 Å². The Morgan fingerprint density at radius 1 is 1.17 bits per heavy atom. The van der Waals surface area contributed by atoms with Crippen LogP contribution in [0, 0.1) is 5.92 Å². The molecular weight excluding hydrogens is 388 g/mol. The number of nitrogens with one attached hydrogen (secondary N) is 3. The van der Waals surface area contributed by atoms with Crippen LogP contribution in [0.2, 0.25) is 0 Å². The molecule has 8 nitrogen and oxygen atoms in total. The summed E-state index contributed by atoms with van der Waals surface area (Å²) in [5, 5.41) is 13.3. The van der Waals surface area contributed by atoms with Crippen molar-refractivity contribution in [2.75, 3.05) is 32.0 Å². The normalized spacial score (nSPS) is 21.5. The van der Waals surface area contributed by atoms with Gasteiger partial charge in [0.25, 0.3) is 15.2 Å². The van der Waals surface area contributed by atoms with Gasteiger partial charge in [0.1, 0.15) is 0 Å². The Balaban J connectivity index is 1.40. The third-order valence-corrected chi connectivity index (χ3v) is 8.18. The Morgan fingerprint density at radius 2 is 1.90 bits per heavy atom. The number of sulfonamides is 1. The van der Waals surface area contributed by atoms with E-state index in [1.54, 1.807) is 0 Å². The molecule has 0 saturated carbocycles. The molecule has 2 aromatic rings. The van der Waals surface area contributed by atoms with Gasteiger partial charge in [0.05, 0.1) is 0 Å². The molecule has 1 fully saturated rings. The van der Waals surface area contributed by atoms with Gasteiger partial charge in [0.15, 0.2) is 0 Å². The molecule has 9 heteroatoms. The number of aromatic nitrogens is 3. The summed E-state index contributed by atoms with van der Waals surface area (Å²) in [4.78, 5) is 4.32. The molecule has 0 spiro atoms. The number of hydrogen-bond donors (Lipinski definition) is 3. The highest BCUT2D eigenvalue weighted by atomic mass is 32.2. The largest absolute Gasteiger partial charge is 0.322 e. The zero-order chi connectivity index (χ0) is 20.0. The quantitative estimate of drug-likeness (QED) is 0.663. The fourth-order valence-corrected chi connectivity index (χ4v) is 6.45. The second kappa shape index (κ2) is 7.37. The number of nitrogens with zero attached hydrogens (tertiary/aromatic N) is 3. The van der Waals surface area contributed by atoms with Crippen LogP contribution in [-0.2, 0) is 35.7 Å². The topological polar surface area (TPSA) is 103 Å². The molecule has 1 aromatic carbocycles. The van der Waals surface area contributed by atoms with E-state index in [4.69, 9.17) is 0 Å². The van der Waals surface area contributed by atoms with Crippen LogP contribution in [0.15, 0.2) is 11.2 Å². The zero-order valence-electron chi connectivity index (χ0n) is 16.8. The summed E-state index contributed by atoms with van der Waals surface area (Å²) in [5.74, 6) is 0.675. The number of benzene rings is 1. The molecule has 29 heavy (non-hydrogen) atoms. The summed E-state index contributed by atoms with van der Waals surface area (Å²) in [7, 11) is -1.76. The molecule has 5 rings (SSSR count). The van der Waals surface area contributed by atoms with E-state index in [0.717, 1.165) is 44.3 Å². The first-order chi connectivity index (χ1) is 14.1. The molecule has 3 aliphatic rings. The van der Waals surface area contributed by atoms with Gasteiger partial charge in [0, 0.05) is 18.8 Å². The standard InChI is InChI=1S/C20H28N6O2S/c1-21-11-13-8-9-26(12-13)29(27,28)20-23-19(24-25-20)22-18-16-6-2-4-14(16)10-15-5-3-7-17(15)18/h10,13,21H,2-9,11-12H2,1H3,(H2,22,23,24,25)/t13-/m1/s1. The highest BCUT2D eigenvalue weighted by Gasteiger charge is 2.34. The monoisotopic (exact) mass is 416 g/mol. The summed E-state index contributed by atoms with van der Waals surface area (Å²) in [6.45, 7) is 1.86. The van der Waals surface area contributed by atoms with Crippen LogP contribution in [-0.4, -0.2) is 54.6 Å². The lowest BCUT2D eigenvalue weighted by atomic mass is 9.99. The Kier molecular flexibility index (Phi) is 4.84. The maximum atomic E-state index is 13.0. The number of H-pyrrole nitrogens is 1. The molecule has 0 radical (unpaired) electrons. The smallest absolute Gasteiger partial charge is 0.278 e. The molecule has 0 bridgehead atoms. The highest BCUT2D eigenvalue weighted by Crippen LogP contribution is 2.39. The van der Waals surface area contributed by atoms with Crippen molar-refractivity contribution in [1.29, 1.82) is 0 Å². The lowest BCUT2D eigenvalue weighted by molar-refractivity contribution is 0.446. The van der Waals surface area contributed by atoms with E-state index < -0.39 is 10.0 Å². The Bertz CT molecular complexity index is 1000. The summed E-state index contributed by atoms with van der Waals surface area (Å²) in [5.41, 5.74) is 6.67. The number of rotatable bonds is 6. The van der Waals surface area contributed by atoms with Gasteiger partial charge in [-0.25, -0.2) is 13.5 Å². The number of aromatic amines is 1. The zero-order valence-corrected chi connectivity index (χ0v) is 17.6. The minimum absolute atomic E-state index is 0.0747. The second-order valence-corrected chi connectivity index (χ2v) is 10.3. The molecule has 0 amide bonds. The fourth-order valence-electron chi connectivity index (χ4n) is 5.09. The maximum absolute atomic E-state index is 13.0. The van der Waals surface area contributed by atoms with E-state index in [0.29, 0.717) is 25.0 Å². The van der Waals surface area contributed by atoms with Gasteiger partial charge in [-0.15, -0.1) is 5.10 Å². The average molecular weight is 417 g/mol. The van der Waals surface area contributed by atoms with Gasteiger partial charge in [-0.05, 0) is 86.7 Å². The Morgan fingerprint density at radius 3 is 2.59 bits per heavy atom. The second-order valence-electron chi connectivity index (χ2n) is 8.40. The molecule has 2 heterocycles. The van der Waals surface area contributed by atoms with Crippen LogP contribution in [0.3, 0.4) is 0 Å². The molecule has 1 atom stereocenters.